The minimum absolute atomic E-state index is 0.274. The summed E-state index contributed by atoms with van der Waals surface area (Å²) in [5.74, 6) is 0.274. The lowest BCUT2D eigenvalue weighted by Crippen LogP contribution is -2.18. The molecule has 2 atom stereocenters. The van der Waals surface area contributed by atoms with Crippen LogP contribution in [0, 0.1) is 0 Å². The van der Waals surface area contributed by atoms with Crippen molar-refractivity contribution < 1.29 is 10.2 Å². The fraction of sp³-hybridized carbons (Fsp3) is 0.400. The van der Waals surface area contributed by atoms with Gasteiger partial charge in [-0.05, 0) is 6.42 Å². The Morgan fingerprint density at radius 1 is 1.35 bits per heavy atom. The number of alkyl halides is 1. The molecule has 0 aliphatic carbocycles. The molecule has 2 rings (SSSR count). The third-order valence-electron chi connectivity index (χ3n) is 2.53. The zero-order valence-electron chi connectivity index (χ0n) is 8.77. The van der Waals surface area contributed by atoms with Gasteiger partial charge >= 0.3 is 0 Å². The van der Waals surface area contributed by atoms with E-state index in [1.165, 1.54) is 6.33 Å². The maximum absolute atomic E-state index is 9.97. The largest absolute Gasteiger partial charge is 0.390 e. The quantitative estimate of drug-likeness (QED) is 0.585. The van der Waals surface area contributed by atoms with Crippen molar-refractivity contribution >= 4 is 34.2 Å². The molecule has 5 nitrogen and oxygen atoms in total. The molecule has 0 aliphatic rings. The molecule has 0 aromatic carbocycles. The van der Waals surface area contributed by atoms with Crippen LogP contribution in [-0.2, 0) is 0 Å². The first-order valence-corrected chi connectivity index (χ1v) is 5.96. The first-order chi connectivity index (χ1) is 8.15. The summed E-state index contributed by atoms with van der Waals surface area (Å²) < 4.78 is 0. The molecule has 2 heterocycles. The monoisotopic (exact) mass is 275 g/mol. The van der Waals surface area contributed by atoms with Crippen LogP contribution in [0.5, 0.6) is 0 Å². The highest BCUT2D eigenvalue weighted by Gasteiger charge is 2.22. The predicted octanol–water partition coefficient (Wildman–Crippen LogP) is 1.63. The van der Waals surface area contributed by atoms with Crippen LogP contribution in [0.4, 0.5) is 0 Å². The van der Waals surface area contributed by atoms with E-state index in [0.717, 1.165) is 0 Å². The van der Waals surface area contributed by atoms with Gasteiger partial charge in [0.05, 0.1) is 11.6 Å². The van der Waals surface area contributed by atoms with Crippen LogP contribution in [0.3, 0.4) is 0 Å². The summed E-state index contributed by atoms with van der Waals surface area (Å²) in [6.45, 7) is 0. The van der Waals surface area contributed by atoms with Gasteiger partial charge in [0, 0.05) is 17.6 Å². The SMILES string of the molecule is OC(CCCl)C(O)c1c[nH]c2c(Cl)ncnc12. The van der Waals surface area contributed by atoms with Crippen molar-refractivity contribution in [3.05, 3.63) is 23.2 Å². The molecule has 0 saturated heterocycles. The van der Waals surface area contributed by atoms with Gasteiger partial charge in [-0.2, -0.15) is 0 Å². The van der Waals surface area contributed by atoms with Crippen molar-refractivity contribution in [3.63, 3.8) is 0 Å². The number of H-pyrrole nitrogens is 1. The van der Waals surface area contributed by atoms with E-state index < -0.39 is 12.2 Å². The number of nitrogens with zero attached hydrogens (tertiary/aromatic N) is 2. The Labute approximate surface area is 107 Å². The van der Waals surface area contributed by atoms with Gasteiger partial charge in [0.2, 0.25) is 0 Å². The molecular formula is C10H11Cl2N3O2. The van der Waals surface area contributed by atoms with Crippen LogP contribution in [-0.4, -0.2) is 37.1 Å². The van der Waals surface area contributed by atoms with E-state index in [1.807, 2.05) is 0 Å². The second-order valence-corrected chi connectivity index (χ2v) is 4.36. The fourth-order valence-corrected chi connectivity index (χ4v) is 2.04. The van der Waals surface area contributed by atoms with Gasteiger partial charge in [-0.15, -0.1) is 11.6 Å². The van der Waals surface area contributed by atoms with Gasteiger partial charge in [0.25, 0.3) is 0 Å². The summed E-state index contributed by atoms with van der Waals surface area (Å²) in [5, 5.41) is 19.9. The number of halogens is 2. The zero-order chi connectivity index (χ0) is 12.4. The minimum Gasteiger partial charge on any atom is -0.390 e. The number of rotatable bonds is 4. The van der Waals surface area contributed by atoms with Crippen molar-refractivity contribution in [2.45, 2.75) is 18.6 Å². The van der Waals surface area contributed by atoms with E-state index in [4.69, 9.17) is 23.2 Å². The average molecular weight is 276 g/mol. The maximum atomic E-state index is 9.97. The summed E-state index contributed by atoms with van der Waals surface area (Å²) in [4.78, 5) is 10.7. The molecule has 92 valence electrons. The molecule has 2 aromatic rings. The minimum atomic E-state index is -1.05. The maximum Gasteiger partial charge on any atom is 0.156 e. The molecule has 0 fully saturated rings. The molecule has 17 heavy (non-hydrogen) atoms. The van der Waals surface area contributed by atoms with Crippen molar-refractivity contribution in [3.8, 4) is 0 Å². The third kappa shape index (κ3) is 2.37. The van der Waals surface area contributed by atoms with Gasteiger partial charge in [0.15, 0.2) is 5.15 Å². The van der Waals surface area contributed by atoms with E-state index >= 15 is 0 Å². The molecule has 2 unspecified atom stereocenters. The van der Waals surface area contributed by atoms with Crippen molar-refractivity contribution in [1.82, 2.24) is 15.0 Å². The summed E-state index contributed by atoms with van der Waals surface area (Å²) in [5.41, 5.74) is 1.54. The van der Waals surface area contributed by atoms with Crippen LogP contribution in [0.25, 0.3) is 11.0 Å². The molecular weight excluding hydrogens is 265 g/mol. The number of aromatic nitrogens is 3. The summed E-state index contributed by atoms with van der Waals surface area (Å²) >= 11 is 11.4. The summed E-state index contributed by atoms with van der Waals surface area (Å²) in [7, 11) is 0. The molecule has 0 aliphatic heterocycles. The first-order valence-electron chi connectivity index (χ1n) is 5.04. The van der Waals surface area contributed by atoms with Crippen LogP contribution >= 0.6 is 23.2 Å². The molecule has 7 heteroatoms. The fourth-order valence-electron chi connectivity index (χ4n) is 1.63. The van der Waals surface area contributed by atoms with E-state index in [2.05, 4.69) is 15.0 Å². The molecule has 0 bridgehead atoms. The Morgan fingerprint density at radius 2 is 2.12 bits per heavy atom. The molecule has 0 spiro atoms. The summed E-state index contributed by atoms with van der Waals surface area (Å²) in [6, 6.07) is 0. The Balaban J connectivity index is 2.39. The second kappa shape index (κ2) is 5.18. The van der Waals surface area contributed by atoms with Crippen molar-refractivity contribution in [1.29, 1.82) is 0 Å². The number of hydrogen-bond acceptors (Lipinski definition) is 4. The second-order valence-electron chi connectivity index (χ2n) is 3.62. The van der Waals surface area contributed by atoms with Crippen molar-refractivity contribution in [2.24, 2.45) is 0 Å². The van der Waals surface area contributed by atoms with Crippen LogP contribution in [0.15, 0.2) is 12.5 Å². The summed E-state index contributed by atoms with van der Waals surface area (Å²) in [6.07, 6.45) is 1.19. The van der Waals surface area contributed by atoms with Gasteiger partial charge in [0.1, 0.15) is 17.9 Å². The molecule has 0 radical (unpaired) electrons. The number of nitrogens with one attached hydrogen (secondary N) is 1. The molecule has 0 saturated carbocycles. The van der Waals surface area contributed by atoms with Crippen LogP contribution in [0.1, 0.15) is 18.1 Å². The van der Waals surface area contributed by atoms with Crippen molar-refractivity contribution in [2.75, 3.05) is 5.88 Å². The standard InChI is InChI=1S/C10H11Cl2N3O2/c11-2-1-6(16)9(17)5-3-13-8-7(5)14-4-15-10(8)12/h3-4,6,9,13,16-17H,1-2H2. The topological polar surface area (TPSA) is 82.0 Å². The third-order valence-corrected chi connectivity index (χ3v) is 3.04. The predicted molar refractivity (Wildman–Crippen MR) is 65.2 cm³/mol. The number of aliphatic hydroxyl groups is 2. The highest BCUT2D eigenvalue weighted by molar-refractivity contribution is 6.33. The lowest BCUT2D eigenvalue weighted by atomic mass is 10.0. The highest BCUT2D eigenvalue weighted by atomic mass is 35.5. The highest BCUT2D eigenvalue weighted by Crippen LogP contribution is 2.28. The van der Waals surface area contributed by atoms with E-state index in [9.17, 15) is 10.2 Å². The number of fused-ring (bicyclic) bond motifs is 1. The first kappa shape index (κ1) is 12.6. The number of aromatic amines is 1. The number of hydrogen-bond donors (Lipinski definition) is 3. The lowest BCUT2D eigenvalue weighted by Gasteiger charge is -2.15. The van der Waals surface area contributed by atoms with E-state index in [1.54, 1.807) is 6.20 Å². The van der Waals surface area contributed by atoms with Crippen LogP contribution < -0.4 is 0 Å². The van der Waals surface area contributed by atoms with E-state index in [0.29, 0.717) is 23.0 Å². The molecule has 3 N–H and O–H groups in total. The van der Waals surface area contributed by atoms with Gasteiger partial charge in [-0.3, -0.25) is 0 Å². The molecule has 0 amide bonds. The van der Waals surface area contributed by atoms with E-state index in [-0.39, 0.29) is 11.0 Å². The Morgan fingerprint density at radius 3 is 2.82 bits per heavy atom. The smallest absolute Gasteiger partial charge is 0.156 e. The van der Waals surface area contributed by atoms with Gasteiger partial charge in [-0.25, -0.2) is 9.97 Å². The van der Waals surface area contributed by atoms with Gasteiger partial charge < -0.3 is 15.2 Å². The zero-order valence-corrected chi connectivity index (χ0v) is 10.3. The molecule has 2 aromatic heterocycles. The normalized spacial score (nSPS) is 15.1. The van der Waals surface area contributed by atoms with Gasteiger partial charge in [-0.1, -0.05) is 11.6 Å². The average Bonchev–Trinajstić information content (AvgIpc) is 2.73. The Bertz CT molecular complexity index is 517. The lowest BCUT2D eigenvalue weighted by molar-refractivity contribution is 0.0177. The number of aliphatic hydroxyl groups excluding tert-OH is 2. The Hall–Kier alpha value is -0.880. The van der Waals surface area contributed by atoms with Crippen LogP contribution in [0.2, 0.25) is 5.15 Å². The Kier molecular flexibility index (Phi) is 3.83.